The molecule has 0 bridgehead atoms. The minimum atomic E-state index is -4.97. The highest BCUT2D eigenvalue weighted by Crippen LogP contribution is 2.40. The van der Waals surface area contributed by atoms with Crippen LogP contribution >= 0.6 is 0 Å². The number of alkyl halides is 6. The summed E-state index contributed by atoms with van der Waals surface area (Å²) in [6.07, 6.45) is -8.12. The van der Waals surface area contributed by atoms with E-state index in [4.69, 9.17) is 0 Å². The number of rotatable bonds is 11. The van der Waals surface area contributed by atoms with Crippen LogP contribution in [0.2, 0.25) is 0 Å². The van der Waals surface area contributed by atoms with Gasteiger partial charge < -0.3 is 24.9 Å². The number of ether oxygens (including phenoxy) is 2. The van der Waals surface area contributed by atoms with Crippen LogP contribution in [0.1, 0.15) is 32.6 Å². The van der Waals surface area contributed by atoms with Crippen LogP contribution < -0.4 is 14.8 Å². The Morgan fingerprint density at radius 3 is 1.89 bits per heavy atom. The van der Waals surface area contributed by atoms with Gasteiger partial charge in [0.1, 0.15) is 11.5 Å². The molecule has 0 aliphatic heterocycles. The Morgan fingerprint density at radius 1 is 0.756 bits per heavy atom. The number of para-hydroxylation sites is 1. The highest BCUT2D eigenvalue weighted by Gasteiger charge is 2.38. The number of nitrogens with one attached hydrogen (secondary N) is 2. The summed E-state index contributed by atoms with van der Waals surface area (Å²) in [4.78, 5) is 14.7. The van der Waals surface area contributed by atoms with Gasteiger partial charge in [0.15, 0.2) is 0 Å². The summed E-state index contributed by atoms with van der Waals surface area (Å²) in [7, 11) is 0. The van der Waals surface area contributed by atoms with E-state index in [1.54, 1.807) is 48.7 Å². The number of aromatic carboxylic acids is 1. The number of H-pyrrole nitrogens is 1. The van der Waals surface area contributed by atoms with Gasteiger partial charge in [-0.2, -0.15) is 0 Å². The fourth-order valence-corrected chi connectivity index (χ4v) is 5.51. The average molecular weight is 629 g/mol. The van der Waals surface area contributed by atoms with Crippen molar-refractivity contribution in [3.05, 3.63) is 131 Å². The topological polar surface area (TPSA) is 83.6 Å². The lowest BCUT2D eigenvalue weighted by molar-refractivity contribution is -0.275. The van der Waals surface area contributed by atoms with Crippen molar-refractivity contribution in [3.8, 4) is 11.5 Å². The van der Waals surface area contributed by atoms with Crippen LogP contribution in [0, 0.1) is 0 Å². The molecule has 45 heavy (non-hydrogen) atoms. The lowest BCUT2D eigenvalue weighted by atomic mass is 9.70. The highest BCUT2D eigenvalue weighted by molar-refractivity contribution is 6.02. The lowest BCUT2D eigenvalue weighted by Gasteiger charge is -2.36. The van der Waals surface area contributed by atoms with E-state index in [2.05, 4.69) is 19.8 Å². The Labute approximate surface area is 253 Å². The molecule has 1 aromatic heterocycles. The van der Waals surface area contributed by atoms with Crippen molar-refractivity contribution in [1.29, 1.82) is 0 Å². The molecular formula is C33H26F6N2O4. The van der Waals surface area contributed by atoms with Crippen LogP contribution in [0.25, 0.3) is 10.9 Å². The molecule has 4 aromatic carbocycles. The van der Waals surface area contributed by atoms with Gasteiger partial charge in [0.05, 0.1) is 11.1 Å². The molecule has 0 fully saturated rings. The number of carboxylic acids is 1. The smallest absolute Gasteiger partial charge is 0.478 e. The van der Waals surface area contributed by atoms with Crippen molar-refractivity contribution in [2.24, 2.45) is 0 Å². The number of carbonyl (C=O) groups is 1. The van der Waals surface area contributed by atoms with Gasteiger partial charge in [-0.1, -0.05) is 66.7 Å². The molecule has 3 N–H and O–H groups in total. The first kappa shape index (κ1) is 31.5. The van der Waals surface area contributed by atoms with Crippen molar-refractivity contribution in [1.82, 2.24) is 10.3 Å². The molecule has 0 aliphatic rings. The average Bonchev–Trinajstić information content (AvgIpc) is 3.38. The second kappa shape index (κ2) is 12.6. The monoisotopic (exact) mass is 628 g/mol. The second-order valence-corrected chi connectivity index (χ2v) is 10.3. The minimum absolute atomic E-state index is 0.0398. The standard InChI is InChI=1S/C33H26F6N2O4/c34-32(35,36)44-25-11-4-9-23(15-25)31(17-21-7-2-1-3-8-21,24-10-5-12-26(16-24)45-33(37,38)39)20-40-18-22-19-41-29-27(22)13-6-14-28(29)30(42)43/h1-16,19,40-41H,17-18,20H2,(H,42,43). The normalized spacial score (nSPS) is 12.3. The van der Waals surface area contributed by atoms with Crippen LogP contribution in [0.15, 0.2) is 103 Å². The number of aromatic nitrogens is 1. The zero-order valence-electron chi connectivity index (χ0n) is 23.4. The molecule has 0 atom stereocenters. The van der Waals surface area contributed by atoms with Crippen LogP contribution in [0.5, 0.6) is 11.5 Å². The van der Waals surface area contributed by atoms with Crippen molar-refractivity contribution in [2.75, 3.05) is 6.54 Å². The molecule has 0 spiro atoms. The maximum atomic E-state index is 13.2. The number of fused-ring (bicyclic) bond motifs is 1. The summed E-state index contributed by atoms with van der Waals surface area (Å²) in [5, 5.41) is 13.5. The van der Waals surface area contributed by atoms with Gasteiger partial charge in [0.2, 0.25) is 0 Å². The van der Waals surface area contributed by atoms with Crippen LogP contribution in [0.4, 0.5) is 26.3 Å². The predicted molar refractivity (Wildman–Crippen MR) is 154 cm³/mol. The summed E-state index contributed by atoms with van der Waals surface area (Å²) in [6.45, 7) is 0.231. The summed E-state index contributed by atoms with van der Waals surface area (Å²) in [6, 6.07) is 24.5. The van der Waals surface area contributed by atoms with Gasteiger partial charge >= 0.3 is 18.7 Å². The number of benzene rings is 4. The summed E-state index contributed by atoms with van der Waals surface area (Å²) >= 11 is 0. The van der Waals surface area contributed by atoms with E-state index in [0.717, 1.165) is 17.7 Å². The molecule has 1 heterocycles. The number of hydrogen-bond acceptors (Lipinski definition) is 4. The van der Waals surface area contributed by atoms with Crippen molar-refractivity contribution < 1.29 is 45.7 Å². The molecule has 0 aliphatic carbocycles. The third-order valence-electron chi connectivity index (χ3n) is 7.36. The van der Waals surface area contributed by atoms with Crippen molar-refractivity contribution >= 4 is 16.9 Å². The van der Waals surface area contributed by atoms with Crippen LogP contribution in [-0.4, -0.2) is 35.3 Å². The van der Waals surface area contributed by atoms with Gasteiger partial charge in [0, 0.05) is 30.1 Å². The van der Waals surface area contributed by atoms with E-state index >= 15 is 0 Å². The summed E-state index contributed by atoms with van der Waals surface area (Å²) < 4.78 is 87.7. The Morgan fingerprint density at radius 2 is 1.33 bits per heavy atom. The lowest BCUT2D eigenvalue weighted by Crippen LogP contribution is -2.41. The Bertz CT molecular complexity index is 1720. The third-order valence-corrected chi connectivity index (χ3v) is 7.36. The number of hydrogen-bond donors (Lipinski definition) is 3. The van der Waals surface area contributed by atoms with E-state index in [1.807, 2.05) is 12.1 Å². The molecule has 0 radical (unpaired) electrons. The van der Waals surface area contributed by atoms with E-state index in [9.17, 15) is 36.2 Å². The first-order chi connectivity index (χ1) is 21.3. The molecule has 0 saturated heterocycles. The highest BCUT2D eigenvalue weighted by atomic mass is 19.4. The minimum Gasteiger partial charge on any atom is -0.478 e. The fraction of sp³-hybridized carbons (Fsp3) is 0.182. The van der Waals surface area contributed by atoms with Gasteiger partial charge in [-0.05, 0) is 59.0 Å². The largest absolute Gasteiger partial charge is 0.573 e. The fourth-order valence-electron chi connectivity index (χ4n) is 5.51. The van der Waals surface area contributed by atoms with Crippen molar-refractivity contribution in [2.45, 2.75) is 31.1 Å². The molecule has 0 amide bonds. The molecule has 5 rings (SSSR count). The number of carboxylic acid groups (broad SMARTS) is 1. The van der Waals surface area contributed by atoms with Crippen LogP contribution in [0.3, 0.4) is 0 Å². The van der Waals surface area contributed by atoms with Crippen molar-refractivity contribution in [3.63, 3.8) is 0 Å². The zero-order chi connectivity index (χ0) is 32.2. The molecular weight excluding hydrogens is 602 g/mol. The molecule has 12 heteroatoms. The molecule has 5 aromatic rings. The second-order valence-electron chi connectivity index (χ2n) is 10.3. The molecule has 0 unspecified atom stereocenters. The van der Waals surface area contributed by atoms with Gasteiger partial charge in [-0.25, -0.2) is 4.79 Å². The van der Waals surface area contributed by atoms with E-state index in [1.165, 1.54) is 30.3 Å². The quantitative estimate of drug-likeness (QED) is 0.129. The van der Waals surface area contributed by atoms with E-state index in [-0.39, 0.29) is 25.1 Å². The van der Waals surface area contributed by atoms with Crippen LogP contribution in [-0.2, 0) is 18.4 Å². The summed E-state index contributed by atoms with van der Waals surface area (Å²) in [5.41, 5.74) is 1.43. The third kappa shape index (κ3) is 7.58. The first-order valence-electron chi connectivity index (χ1n) is 13.6. The SMILES string of the molecule is O=C(O)c1cccc2c(CNCC(Cc3ccccc3)(c3cccc(OC(F)(F)F)c3)c3cccc(OC(F)(F)F)c3)c[nH]c12. The van der Waals surface area contributed by atoms with Gasteiger partial charge in [-0.15, -0.1) is 26.3 Å². The Balaban J connectivity index is 1.61. The van der Waals surface area contributed by atoms with E-state index < -0.39 is 35.6 Å². The maximum Gasteiger partial charge on any atom is 0.573 e. The predicted octanol–water partition coefficient (Wildman–Crippen LogP) is 7.98. The number of aromatic amines is 1. The van der Waals surface area contributed by atoms with E-state index in [0.29, 0.717) is 27.6 Å². The maximum absolute atomic E-state index is 13.2. The molecule has 0 saturated carbocycles. The molecule has 6 nitrogen and oxygen atoms in total. The first-order valence-corrected chi connectivity index (χ1v) is 13.6. The zero-order valence-corrected chi connectivity index (χ0v) is 23.4. The van der Waals surface area contributed by atoms with Gasteiger partial charge in [0.25, 0.3) is 0 Å². The Hall–Kier alpha value is -4.97. The van der Waals surface area contributed by atoms with Gasteiger partial charge in [-0.3, -0.25) is 0 Å². The summed E-state index contributed by atoms with van der Waals surface area (Å²) in [5.74, 6) is -2.08. The molecule has 234 valence electrons. The Kier molecular flexibility index (Phi) is 8.78. The number of halogens is 6.